The molecule has 2 atom stereocenters. The highest BCUT2D eigenvalue weighted by Gasteiger charge is 2.29. The molecule has 2 aromatic heterocycles. The summed E-state index contributed by atoms with van der Waals surface area (Å²) in [7, 11) is 0. The van der Waals surface area contributed by atoms with E-state index >= 15 is 0 Å². The molecular formula is C17H22N4O2. The van der Waals surface area contributed by atoms with Gasteiger partial charge in [-0.2, -0.15) is 5.10 Å². The lowest BCUT2D eigenvalue weighted by Gasteiger charge is -2.25. The van der Waals surface area contributed by atoms with Crippen molar-refractivity contribution in [2.75, 3.05) is 0 Å². The first-order valence-electron chi connectivity index (χ1n) is 8.03. The number of nitrogens with zero attached hydrogens (tertiary/aromatic N) is 2. The minimum absolute atomic E-state index is 0.0646. The number of ether oxygens (including phenoxy) is 1. The lowest BCUT2D eigenvalue weighted by Crippen LogP contribution is -2.28. The Morgan fingerprint density at radius 3 is 3.09 bits per heavy atom. The number of aromatic nitrogens is 3. The number of carbonyl (C=O) groups is 1. The van der Waals surface area contributed by atoms with Gasteiger partial charge in [-0.05, 0) is 31.9 Å². The van der Waals surface area contributed by atoms with Crippen molar-refractivity contribution in [3.8, 4) is 0 Å². The molecule has 122 valence electrons. The fraction of sp³-hybridized carbons (Fsp3) is 0.471. The van der Waals surface area contributed by atoms with Crippen molar-refractivity contribution >= 4 is 5.91 Å². The first-order chi connectivity index (χ1) is 11.1. The molecule has 1 aliphatic rings. The predicted octanol–water partition coefficient (Wildman–Crippen LogP) is 2.32. The van der Waals surface area contributed by atoms with Crippen molar-refractivity contribution in [3.63, 3.8) is 0 Å². The molecule has 0 bridgehead atoms. The number of aryl methyl sites for hydroxylation is 1. The van der Waals surface area contributed by atoms with Crippen molar-refractivity contribution in [1.82, 2.24) is 20.5 Å². The van der Waals surface area contributed by atoms with Crippen LogP contribution in [0.4, 0.5) is 0 Å². The van der Waals surface area contributed by atoms with Crippen molar-refractivity contribution in [3.05, 3.63) is 46.5 Å². The quantitative estimate of drug-likeness (QED) is 0.907. The molecule has 23 heavy (non-hydrogen) atoms. The van der Waals surface area contributed by atoms with Crippen LogP contribution in [0.3, 0.4) is 0 Å². The lowest BCUT2D eigenvalue weighted by molar-refractivity contribution is -0.00697. The second-order valence-electron chi connectivity index (χ2n) is 5.90. The number of amides is 1. The summed E-state index contributed by atoms with van der Waals surface area (Å²) in [5.41, 5.74) is 4.38. The normalized spacial score (nSPS) is 20.1. The SMILES string of the molecule is CCc1cccnc1CNC(=O)c1n[nH]c2c1C[C@H](C)O[C@@H]2C. The average Bonchev–Trinajstić information content (AvgIpc) is 2.97. The molecule has 0 fully saturated rings. The van der Waals surface area contributed by atoms with E-state index in [0.717, 1.165) is 28.9 Å². The number of hydrogen-bond acceptors (Lipinski definition) is 4. The van der Waals surface area contributed by atoms with Gasteiger partial charge in [-0.15, -0.1) is 0 Å². The van der Waals surface area contributed by atoms with Gasteiger partial charge in [-0.1, -0.05) is 13.0 Å². The molecule has 6 heteroatoms. The van der Waals surface area contributed by atoms with Crippen LogP contribution in [0.2, 0.25) is 0 Å². The number of nitrogens with one attached hydrogen (secondary N) is 2. The van der Waals surface area contributed by atoms with Crippen LogP contribution in [0.15, 0.2) is 18.3 Å². The molecule has 0 spiro atoms. The topological polar surface area (TPSA) is 79.9 Å². The van der Waals surface area contributed by atoms with E-state index in [4.69, 9.17) is 4.74 Å². The largest absolute Gasteiger partial charge is 0.369 e. The number of H-pyrrole nitrogens is 1. The first kappa shape index (κ1) is 15.7. The summed E-state index contributed by atoms with van der Waals surface area (Å²) >= 11 is 0. The highest BCUT2D eigenvalue weighted by atomic mass is 16.5. The average molecular weight is 314 g/mol. The van der Waals surface area contributed by atoms with Gasteiger partial charge in [0.15, 0.2) is 5.69 Å². The Hall–Kier alpha value is -2.21. The molecule has 0 unspecified atom stereocenters. The van der Waals surface area contributed by atoms with Crippen molar-refractivity contribution < 1.29 is 9.53 Å². The standard InChI is InChI=1S/C17H22N4O2/c1-4-12-6-5-7-18-14(12)9-19-17(22)16-13-8-10(2)23-11(3)15(13)20-21-16/h5-7,10-11H,4,8-9H2,1-3H3,(H,19,22)(H,20,21)/t10-,11+/m0/s1. The molecule has 3 heterocycles. The number of pyridine rings is 1. The number of fused-ring (bicyclic) bond motifs is 1. The summed E-state index contributed by atoms with van der Waals surface area (Å²) in [6.07, 6.45) is 3.36. The van der Waals surface area contributed by atoms with E-state index < -0.39 is 0 Å². The highest BCUT2D eigenvalue weighted by molar-refractivity contribution is 5.94. The Morgan fingerprint density at radius 2 is 2.30 bits per heavy atom. The fourth-order valence-corrected chi connectivity index (χ4v) is 3.06. The molecule has 0 saturated heterocycles. The summed E-state index contributed by atoms with van der Waals surface area (Å²) < 4.78 is 5.75. The van der Waals surface area contributed by atoms with E-state index in [2.05, 4.69) is 27.4 Å². The lowest BCUT2D eigenvalue weighted by atomic mass is 9.99. The third-order valence-electron chi connectivity index (χ3n) is 4.23. The third kappa shape index (κ3) is 3.12. The van der Waals surface area contributed by atoms with Gasteiger partial charge in [-0.25, -0.2) is 0 Å². The van der Waals surface area contributed by atoms with Crippen LogP contribution < -0.4 is 5.32 Å². The second-order valence-corrected chi connectivity index (χ2v) is 5.90. The minimum Gasteiger partial charge on any atom is -0.369 e. The van der Waals surface area contributed by atoms with E-state index in [1.165, 1.54) is 0 Å². The van der Waals surface area contributed by atoms with E-state index in [0.29, 0.717) is 18.7 Å². The number of rotatable bonds is 4. The summed E-state index contributed by atoms with van der Waals surface area (Å²) in [4.78, 5) is 16.9. The molecule has 1 amide bonds. The fourth-order valence-electron chi connectivity index (χ4n) is 3.06. The molecule has 0 radical (unpaired) electrons. The Bertz CT molecular complexity index is 710. The number of hydrogen-bond donors (Lipinski definition) is 2. The van der Waals surface area contributed by atoms with Gasteiger partial charge < -0.3 is 10.1 Å². The minimum atomic E-state index is -0.170. The maximum absolute atomic E-state index is 12.5. The Labute approximate surface area is 135 Å². The van der Waals surface area contributed by atoms with Crippen molar-refractivity contribution in [2.45, 2.75) is 52.4 Å². The summed E-state index contributed by atoms with van der Waals surface area (Å²) in [6.45, 7) is 6.46. The van der Waals surface area contributed by atoms with E-state index in [1.807, 2.05) is 26.0 Å². The van der Waals surface area contributed by atoms with Gasteiger partial charge in [0, 0.05) is 18.2 Å². The molecule has 2 N–H and O–H groups in total. The number of carbonyl (C=O) groups excluding carboxylic acids is 1. The number of aromatic amines is 1. The zero-order valence-corrected chi connectivity index (χ0v) is 13.7. The van der Waals surface area contributed by atoms with Crippen LogP contribution >= 0.6 is 0 Å². The van der Waals surface area contributed by atoms with Crippen LogP contribution in [0.1, 0.15) is 59.9 Å². The molecular weight excluding hydrogens is 292 g/mol. The molecule has 2 aromatic rings. The molecule has 0 aromatic carbocycles. The second kappa shape index (κ2) is 6.50. The smallest absolute Gasteiger partial charge is 0.272 e. The van der Waals surface area contributed by atoms with Crippen molar-refractivity contribution in [2.24, 2.45) is 0 Å². The maximum atomic E-state index is 12.5. The van der Waals surface area contributed by atoms with E-state index in [-0.39, 0.29) is 18.1 Å². The molecule has 0 aliphatic carbocycles. The van der Waals surface area contributed by atoms with Gasteiger partial charge in [0.25, 0.3) is 5.91 Å². The maximum Gasteiger partial charge on any atom is 0.272 e. The third-order valence-corrected chi connectivity index (χ3v) is 4.23. The zero-order chi connectivity index (χ0) is 16.4. The summed E-state index contributed by atoms with van der Waals surface area (Å²) in [5, 5.41) is 10.1. The zero-order valence-electron chi connectivity index (χ0n) is 13.7. The molecule has 0 saturated carbocycles. The first-order valence-corrected chi connectivity index (χ1v) is 8.03. The van der Waals surface area contributed by atoms with Gasteiger partial charge in [0.1, 0.15) is 0 Å². The van der Waals surface area contributed by atoms with Gasteiger partial charge >= 0.3 is 0 Å². The highest BCUT2D eigenvalue weighted by Crippen LogP contribution is 2.30. The van der Waals surface area contributed by atoms with Gasteiger partial charge in [0.2, 0.25) is 0 Å². The monoisotopic (exact) mass is 314 g/mol. The summed E-state index contributed by atoms with van der Waals surface area (Å²) in [5.74, 6) is -0.170. The van der Waals surface area contributed by atoms with Gasteiger partial charge in [0.05, 0.1) is 30.1 Å². The van der Waals surface area contributed by atoms with Crippen LogP contribution in [-0.2, 0) is 24.1 Å². The Balaban J connectivity index is 1.75. The molecule has 1 aliphatic heterocycles. The van der Waals surface area contributed by atoms with Gasteiger partial charge in [-0.3, -0.25) is 14.9 Å². The van der Waals surface area contributed by atoms with E-state index in [1.54, 1.807) is 6.20 Å². The molecule has 6 nitrogen and oxygen atoms in total. The predicted molar refractivity (Wildman–Crippen MR) is 86.0 cm³/mol. The van der Waals surface area contributed by atoms with Crippen LogP contribution in [0.5, 0.6) is 0 Å². The Kier molecular flexibility index (Phi) is 4.43. The summed E-state index contributed by atoms with van der Waals surface area (Å²) in [6, 6.07) is 3.95. The van der Waals surface area contributed by atoms with Crippen LogP contribution in [0, 0.1) is 0 Å². The Morgan fingerprint density at radius 1 is 1.48 bits per heavy atom. The van der Waals surface area contributed by atoms with E-state index in [9.17, 15) is 4.79 Å². The van der Waals surface area contributed by atoms with Crippen LogP contribution in [0.25, 0.3) is 0 Å². The van der Waals surface area contributed by atoms with Crippen molar-refractivity contribution in [1.29, 1.82) is 0 Å². The molecule has 3 rings (SSSR count). The van der Waals surface area contributed by atoms with Crippen LogP contribution in [-0.4, -0.2) is 27.2 Å².